The number of nitrogens with one attached hydrogen (secondary N) is 1. The van der Waals surface area contributed by atoms with E-state index < -0.39 is 5.60 Å². The van der Waals surface area contributed by atoms with Crippen molar-refractivity contribution in [2.24, 2.45) is 5.92 Å². The highest BCUT2D eigenvalue weighted by atomic mass is 79.9. The van der Waals surface area contributed by atoms with Gasteiger partial charge in [0.1, 0.15) is 0 Å². The maximum absolute atomic E-state index is 10.8. The van der Waals surface area contributed by atoms with Gasteiger partial charge in [0.25, 0.3) is 0 Å². The summed E-state index contributed by atoms with van der Waals surface area (Å²) in [6.07, 6.45) is 1.50. The summed E-state index contributed by atoms with van der Waals surface area (Å²) in [7, 11) is 0. The molecule has 0 saturated carbocycles. The Kier molecular flexibility index (Phi) is 4.29. The molecule has 0 radical (unpaired) electrons. The SMILES string of the molecule is CC1CNCCC1(O)Cc1c(Br)cccc1Br. The van der Waals surface area contributed by atoms with Crippen LogP contribution in [-0.4, -0.2) is 23.8 Å². The first-order valence-electron chi connectivity index (χ1n) is 5.89. The third-order valence-corrected chi connectivity index (χ3v) is 5.13. The molecule has 0 aliphatic carbocycles. The monoisotopic (exact) mass is 361 g/mol. The van der Waals surface area contributed by atoms with Gasteiger partial charge in [-0.15, -0.1) is 0 Å². The molecule has 94 valence electrons. The molecule has 0 amide bonds. The summed E-state index contributed by atoms with van der Waals surface area (Å²) in [5.41, 5.74) is 0.557. The van der Waals surface area contributed by atoms with E-state index >= 15 is 0 Å². The quantitative estimate of drug-likeness (QED) is 0.847. The Labute approximate surface area is 119 Å². The second-order valence-electron chi connectivity index (χ2n) is 4.84. The van der Waals surface area contributed by atoms with Crippen molar-refractivity contribution in [3.63, 3.8) is 0 Å². The molecule has 1 aromatic carbocycles. The minimum absolute atomic E-state index is 0.273. The number of hydrogen-bond donors (Lipinski definition) is 2. The van der Waals surface area contributed by atoms with Crippen LogP contribution >= 0.6 is 31.9 Å². The highest BCUT2D eigenvalue weighted by molar-refractivity contribution is 9.11. The van der Waals surface area contributed by atoms with Crippen LogP contribution in [0.4, 0.5) is 0 Å². The van der Waals surface area contributed by atoms with Crippen LogP contribution in [0.1, 0.15) is 18.9 Å². The Morgan fingerprint density at radius 1 is 1.41 bits per heavy atom. The molecule has 17 heavy (non-hydrogen) atoms. The molecule has 1 fully saturated rings. The molecule has 1 aliphatic rings. The van der Waals surface area contributed by atoms with Gasteiger partial charge in [-0.1, -0.05) is 44.8 Å². The smallest absolute Gasteiger partial charge is 0.0738 e. The molecule has 1 aliphatic heterocycles. The summed E-state index contributed by atoms with van der Waals surface area (Å²) in [6, 6.07) is 6.04. The third kappa shape index (κ3) is 2.92. The van der Waals surface area contributed by atoms with Gasteiger partial charge >= 0.3 is 0 Å². The zero-order chi connectivity index (χ0) is 12.5. The van der Waals surface area contributed by atoms with Crippen LogP contribution in [0.2, 0.25) is 0 Å². The molecule has 0 spiro atoms. The molecule has 2 nitrogen and oxygen atoms in total. The van der Waals surface area contributed by atoms with Crippen molar-refractivity contribution in [3.8, 4) is 0 Å². The van der Waals surface area contributed by atoms with E-state index in [1.54, 1.807) is 0 Å². The number of piperidine rings is 1. The maximum Gasteiger partial charge on any atom is 0.0738 e. The standard InChI is InChI=1S/C13H17Br2NO/c1-9-8-16-6-5-13(9,17)7-10-11(14)3-2-4-12(10)15/h2-4,9,16-17H,5-8H2,1H3. The van der Waals surface area contributed by atoms with Gasteiger partial charge in [0.15, 0.2) is 0 Å². The van der Waals surface area contributed by atoms with Crippen molar-refractivity contribution < 1.29 is 5.11 Å². The molecule has 0 aromatic heterocycles. The zero-order valence-corrected chi connectivity index (χ0v) is 13.0. The Balaban J connectivity index is 2.25. The fraction of sp³-hybridized carbons (Fsp3) is 0.538. The fourth-order valence-corrected chi connectivity index (χ4v) is 3.61. The van der Waals surface area contributed by atoms with E-state index in [-0.39, 0.29) is 5.92 Å². The van der Waals surface area contributed by atoms with Crippen LogP contribution in [0.25, 0.3) is 0 Å². The third-order valence-electron chi connectivity index (χ3n) is 3.65. The lowest BCUT2D eigenvalue weighted by Gasteiger charge is -2.39. The Morgan fingerprint density at radius 2 is 2.06 bits per heavy atom. The van der Waals surface area contributed by atoms with Gasteiger partial charge < -0.3 is 10.4 Å². The van der Waals surface area contributed by atoms with Gasteiger partial charge in [-0.25, -0.2) is 0 Å². The summed E-state index contributed by atoms with van der Waals surface area (Å²) in [6.45, 7) is 3.89. The van der Waals surface area contributed by atoms with Crippen molar-refractivity contribution in [3.05, 3.63) is 32.7 Å². The second-order valence-corrected chi connectivity index (χ2v) is 6.54. The zero-order valence-electron chi connectivity index (χ0n) is 9.84. The summed E-state index contributed by atoms with van der Waals surface area (Å²) in [4.78, 5) is 0. The number of benzene rings is 1. The Bertz CT molecular complexity index is 390. The van der Waals surface area contributed by atoms with Gasteiger partial charge in [0.2, 0.25) is 0 Å². The van der Waals surface area contributed by atoms with Crippen molar-refractivity contribution in [1.29, 1.82) is 0 Å². The first kappa shape index (κ1) is 13.5. The topological polar surface area (TPSA) is 32.3 Å². The highest BCUT2D eigenvalue weighted by Gasteiger charge is 2.36. The molecule has 1 saturated heterocycles. The molecule has 1 aromatic rings. The molecule has 2 N–H and O–H groups in total. The lowest BCUT2D eigenvalue weighted by molar-refractivity contribution is -0.0332. The molecule has 2 unspecified atom stereocenters. The van der Waals surface area contributed by atoms with Crippen molar-refractivity contribution in [2.75, 3.05) is 13.1 Å². The average molecular weight is 363 g/mol. The van der Waals surface area contributed by atoms with E-state index in [0.29, 0.717) is 6.42 Å². The Hall–Kier alpha value is 0.1000. The summed E-state index contributed by atoms with van der Waals surface area (Å²) >= 11 is 7.12. The van der Waals surface area contributed by atoms with E-state index in [4.69, 9.17) is 0 Å². The average Bonchev–Trinajstić information content (AvgIpc) is 2.28. The second kappa shape index (κ2) is 5.39. The normalized spacial score (nSPS) is 29.3. The summed E-state index contributed by atoms with van der Waals surface area (Å²) in [5, 5.41) is 14.1. The van der Waals surface area contributed by atoms with Gasteiger partial charge in [-0.3, -0.25) is 0 Å². The van der Waals surface area contributed by atoms with Crippen molar-refractivity contribution >= 4 is 31.9 Å². The summed E-state index contributed by atoms with van der Waals surface area (Å²) in [5.74, 6) is 0.273. The number of rotatable bonds is 2. The van der Waals surface area contributed by atoms with Gasteiger partial charge in [-0.2, -0.15) is 0 Å². The molecule has 1 heterocycles. The van der Waals surface area contributed by atoms with Gasteiger partial charge in [0.05, 0.1) is 5.60 Å². The van der Waals surface area contributed by atoms with Crippen LogP contribution in [0.15, 0.2) is 27.1 Å². The molecule has 0 bridgehead atoms. The van der Waals surface area contributed by atoms with E-state index in [1.807, 2.05) is 18.2 Å². The maximum atomic E-state index is 10.8. The molecular weight excluding hydrogens is 346 g/mol. The van der Waals surface area contributed by atoms with Crippen molar-refractivity contribution in [1.82, 2.24) is 5.32 Å². The highest BCUT2D eigenvalue weighted by Crippen LogP contribution is 2.34. The van der Waals surface area contributed by atoms with Crippen LogP contribution in [0, 0.1) is 5.92 Å². The molecular formula is C13H17Br2NO. The van der Waals surface area contributed by atoms with Crippen LogP contribution in [0.3, 0.4) is 0 Å². The van der Waals surface area contributed by atoms with Crippen molar-refractivity contribution in [2.45, 2.75) is 25.4 Å². The fourth-order valence-electron chi connectivity index (χ4n) is 2.33. The lowest BCUT2D eigenvalue weighted by Crippen LogP contribution is -2.50. The minimum Gasteiger partial charge on any atom is -0.389 e. The predicted molar refractivity (Wildman–Crippen MR) is 77.1 cm³/mol. The Morgan fingerprint density at radius 3 is 2.65 bits per heavy atom. The van der Waals surface area contributed by atoms with E-state index in [2.05, 4.69) is 44.1 Å². The minimum atomic E-state index is -0.600. The van der Waals surface area contributed by atoms with E-state index in [9.17, 15) is 5.11 Å². The number of halogens is 2. The largest absolute Gasteiger partial charge is 0.389 e. The number of aliphatic hydroxyl groups is 1. The molecule has 4 heteroatoms. The lowest BCUT2D eigenvalue weighted by atomic mass is 9.78. The van der Waals surface area contributed by atoms with Crippen LogP contribution in [-0.2, 0) is 6.42 Å². The molecule has 2 rings (SSSR count). The van der Waals surface area contributed by atoms with Gasteiger partial charge in [-0.05, 0) is 36.6 Å². The molecule has 2 atom stereocenters. The van der Waals surface area contributed by atoms with E-state index in [1.165, 1.54) is 0 Å². The van der Waals surface area contributed by atoms with E-state index in [0.717, 1.165) is 34.0 Å². The van der Waals surface area contributed by atoms with Crippen LogP contribution < -0.4 is 5.32 Å². The predicted octanol–water partition coefficient (Wildman–Crippen LogP) is 3.11. The number of hydrogen-bond acceptors (Lipinski definition) is 2. The summed E-state index contributed by atoms with van der Waals surface area (Å²) < 4.78 is 2.12. The first-order chi connectivity index (χ1) is 8.03. The van der Waals surface area contributed by atoms with Crippen LogP contribution in [0.5, 0.6) is 0 Å². The first-order valence-corrected chi connectivity index (χ1v) is 7.47. The van der Waals surface area contributed by atoms with Gasteiger partial charge in [0, 0.05) is 21.9 Å².